The maximum absolute atomic E-state index is 15.4. The number of carbonyl (C=O) groups is 1. The fourth-order valence-corrected chi connectivity index (χ4v) is 7.52. The first-order valence-corrected chi connectivity index (χ1v) is 18.7. The summed E-state index contributed by atoms with van der Waals surface area (Å²) in [6, 6.07) is 22.2. The SMILES string of the molecule is Fc1c(F)c(F)c([B-](c2c(F)c(F)c(F)c(F)c2F)(c2c(F)c(F)c(F)c(F)c2F)c2c(F)c(F)c(F)c(F)c2F)c(F)c1F.N#CC(C#N)=C(C[n+]1ccc2ccccc2c1)C(=O)c1ccccc1. The molecule has 358 valence electrons. The van der Waals surface area contributed by atoms with Crippen molar-refractivity contribution in [3.63, 3.8) is 0 Å². The van der Waals surface area contributed by atoms with Crippen LogP contribution >= 0.6 is 0 Å². The van der Waals surface area contributed by atoms with Gasteiger partial charge in [0.2, 0.25) is 0 Å². The first-order valence-electron chi connectivity index (χ1n) is 18.7. The lowest BCUT2D eigenvalue weighted by Gasteiger charge is -2.44. The van der Waals surface area contributed by atoms with E-state index in [9.17, 15) is 68.0 Å². The topological polar surface area (TPSA) is 68.5 Å². The Labute approximate surface area is 376 Å². The Morgan fingerprint density at radius 3 is 1.00 bits per heavy atom. The van der Waals surface area contributed by atoms with E-state index in [0.717, 1.165) is 10.8 Å². The molecule has 1 heterocycles. The number of fused-ring (bicyclic) bond motifs is 1. The zero-order valence-electron chi connectivity index (χ0n) is 33.5. The van der Waals surface area contributed by atoms with Crippen LogP contribution in [0.2, 0.25) is 0 Å². The monoisotopic (exact) mass is 1000 g/mol. The third-order valence-corrected chi connectivity index (χ3v) is 10.6. The number of aromatic nitrogens is 1. The number of allylic oxidation sites excluding steroid dienone is 2. The van der Waals surface area contributed by atoms with Crippen molar-refractivity contribution in [3.05, 3.63) is 206 Å². The quantitative estimate of drug-likeness (QED) is 0.0223. The van der Waals surface area contributed by atoms with Crippen molar-refractivity contribution in [2.75, 3.05) is 0 Å². The van der Waals surface area contributed by atoms with Gasteiger partial charge in [0.05, 0.1) is 5.57 Å². The number of benzene rings is 6. The maximum Gasteiger partial charge on any atom is 0.200 e. The van der Waals surface area contributed by atoms with Crippen LogP contribution in [0.4, 0.5) is 87.8 Å². The number of nitriles is 2. The van der Waals surface area contributed by atoms with E-state index in [1.165, 1.54) is 0 Å². The molecule has 0 saturated heterocycles. The van der Waals surface area contributed by atoms with Crippen LogP contribution in [0, 0.1) is 139 Å². The average molecular weight is 1000 g/mol. The fraction of sp³-hybridized carbons (Fsp3) is 0.0222. The highest BCUT2D eigenvalue weighted by molar-refractivity contribution is 7.20. The third-order valence-electron chi connectivity index (χ3n) is 10.6. The molecule has 0 fully saturated rings. The van der Waals surface area contributed by atoms with Gasteiger partial charge in [-0.15, -0.1) is 21.9 Å². The van der Waals surface area contributed by atoms with Gasteiger partial charge >= 0.3 is 0 Å². The Kier molecular flexibility index (Phi) is 14.2. The molecular weight excluding hydrogens is 989 g/mol. The number of hydrogen-bond acceptors (Lipinski definition) is 3. The van der Waals surface area contributed by atoms with Crippen molar-refractivity contribution in [1.29, 1.82) is 10.5 Å². The summed E-state index contributed by atoms with van der Waals surface area (Å²) in [5, 5.41) is 20.6. The van der Waals surface area contributed by atoms with Gasteiger partial charge in [0.25, 0.3) is 0 Å². The van der Waals surface area contributed by atoms with Crippen LogP contribution in [0.1, 0.15) is 10.4 Å². The fourth-order valence-electron chi connectivity index (χ4n) is 7.52. The van der Waals surface area contributed by atoms with Gasteiger partial charge in [-0.1, -0.05) is 48.5 Å². The second-order valence-electron chi connectivity index (χ2n) is 14.3. The Morgan fingerprint density at radius 1 is 0.400 bits per heavy atom. The van der Waals surface area contributed by atoms with Crippen LogP contribution < -0.4 is 26.4 Å². The van der Waals surface area contributed by atoms with E-state index >= 15 is 35.1 Å². The van der Waals surface area contributed by atoms with E-state index in [1.54, 1.807) is 24.3 Å². The predicted molar refractivity (Wildman–Crippen MR) is 202 cm³/mol. The summed E-state index contributed by atoms with van der Waals surface area (Å²) in [7, 11) is 0. The molecule has 0 atom stereocenters. The van der Waals surface area contributed by atoms with Gasteiger partial charge < -0.3 is 0 Å². The molecule has 0 N–H and O–H groups in total. The van der Waals surface area contributed by atoms with E-state index in [0.29, 0.717) is 5.56 Å². The summed E-state index contributed by atoms with van der Waals surface area (Å²) in [6.45, 7) is 0.162. The highest BCUT2D eigenvalue weighted by Gasteiger charge is 2.52. The molecule has 7 rings (SSSR count). The Hall–Kier alpha value is -8.22. The van der Waals surface area contributed by atoms with Crippen molar-refractivity contribution < 1.29 is 97.2 Å². The molecule has 0 unspecified atom stereocenters. The molecule has 0 bridgehead atoms. The van der Waals surface area contributed by atoms with Crippen LogP contribution in [0.15, 0.2) is 84.2 Å². The van der Waals surface area contributed by atoms with Crippen LogP contribution in [-0.2, 0) is 6.54 Å². The average Bonchev–Trinajstić information content (AvgIpc) is 3.36. The van der Waals surface area contributed by atoms with Gasteiger partial charge in [-0.3, -0.25) is 4.79 Å². The highest BCUT2D eigenvalue weighted by Crippen LogP contribution is 2.31. The maximum atomic E-state index is 15.4. The van der Waals surface area contributed by atoms with Gasteiger partial charge in [0.1, 0.15) is 70.4 Å². The Morgan fingerprint density at radius 2 is 0.686 bits per heavy atom. The van der Waals surface area contributed by atoms with Crippen molar-refractivity contribution in [3.8, 4) is 12.1 Å². The van der Waals surface area contributed by atoms with E-state index in [4.69, 9.17) is 0 Å². The van der Waals surface area contributed by atoms with Crippen LogP contribution in [0.5, 0.6) is 0 Å². The first-order chi connectivity index (χ1) is 32.9. The molecular formula is C45H14BF20N3O. The minimum absolute atomic E-state index is 0.158. The zero-order valence-corrected chi connectivity index (χ0v) is 33.5. The normalized spacial score (nSPS) is 11.2. The highest BCUT2D eigenvalue weighted by atomic mass is 19.2. The zero-order chi connectivity index (χ0) is 52.0. The number of hydrogen-bond donors (Lipinski definition) is 0. The summed E-state index contributed by atoms with van der Waals surface area (Å²) in [6.07, 6.45) is -3.47. The number of rotatable bonds is 8. The van der Waals surface area contributed by atoms with Gasteiger partial charge in [-0.05, 0) is 11.5 Å². The molecule has 6 aromatic carbocycles. The number of ketones is 1. The van der Waals surface area contributed by atoms with Crippen molar-refractivity contribution >= 4 is 44.6 Å². The minimum atomic E-state index is -7.22. The number of Topliss-reactive ketones (excluding diaryl/α,β-unsaturated/α-hetero) is 1. The molecule has 0 saturated carbocycles. The van der Waals surface area contributed by atoms with Gasteiger partial charge in [0.15, 0.2) is 94.5 Å². The van der Waals surface area contributed by atoms with Gasteiger partial charge in [0, 0.05) is 17.0 Å². The summed E-state index contributed by atoms with van der Waals surface area (Å²) in [4.78, 5) is 12.8. The van der Waals surface area contributed by atoms with E-state index < -0.39 is 144 Å². The van der Waals surface area contributed by atoms with E-state index in [1.807, 2.05) is 65.5 Å². The standard InChI is InChI=1S/C24BF20.C21H14N3O/c26-5-1(6(27)14(35)21(42)13(5)34)25(2-7(28)15(36)22(43)16(37)8(2)29,3-9(30)17(38)23(44)18(39)10(3)31)4-11(32)19(40)24(45)20(41)12(4)33;22-12-19(13-23)20(21(25)17-7-2-1-3-8-17)15-24-11-10-16-6-4-5-9-18(16)14-24/h;1-11,14H,15H2/q-1;+1. The van der Waals surface area contributed by atoms with Crippen molar-refractivity contribution in [2.24, 2.45) is 0 Å². The number of halogens is 20. The molecule has 25 heteroatoms. The summed E-state index contributed by atoms with van der Waals surface area (Å²) in [5.74, 6) is -71.7. The second kappa shape index (κ2) is 19.4. The first kappa shape index (κ1) is 51.2. The molecule has 0 amide bonds. The summed E-state index contributed by atoms with van der Waals surface area (Å²) >= 11 is 0. The van der Waals surface area contributed by atoms with E-state index in [2.05, 4.69) is 0 Å². The molecule has 0 aliphatic rings. The largest absolute Gasteiger partial charge is 0.289 e. The predicted octanol–water partition coefficient (Wildman–Crippen LogP) is 9.20. The van der Waals surface area contributed by atoms with Crippen molar-refractivity contribution in [2.45, 2.75) is 6.54 Å². The molecule has 0 radical (unpaired) electrons. The van der Waals surface area contributed by atoms with Crippen LogP contribution in [-0.4, -0.2) is 11.9 Å². The smallest absolute Gasteiger partial charge is 0.200 e. The molecule has 0 aliphatic heterocycles. The van der Waals surface area contributed by atoms with Gasteiger partial charge in [-0.2, -0.15) is 15.1 Å². The Balaban J connectivity index is 0.000000270. The van der Waals surface area contributed by atoms with Crippen molar-refractivity contribution in [1.82, 2.24) is 0 Å². The molecule has 4 nitrogen and oxygen atoms in total. The molecule has 1 aromatic heterocycles. The Bertz CT molecular complexity index is 3070. The number of carbonyl (C=O) groups excluding carboxylic acids is 1. The number of nitrogens with zero attached hydrogens (tertiary/aromatic N) is 3. The molecule has 7 aromatic rings. The van der Waals surface area contributed by atoms with Crippen LogP contribution in [0.3, 0.4) is 0 Å². The molecule has 0 aliphatic carbocycles. The minimum Gasteiger partial charge on any atom is -0.289 e. The van der Waals surface area contributed by atoms with Gasteiger partial charge in [-0.25, -0.2) is 87.8 Å². The third kappa shape index (κ3) is 8.09. The van der Waals surface area contributed by atoms with Crippen LogP contribution in [0.25, 0.3) is 10.8 Å². The lowest BCUT2D eigenvalue weighted by Crippen LogP contribution is -2.81. The molecule has 0 spiro atoms. The summed E-state index contributed by atoms with van der Waals surface area (Å²) in [5.41, 5.74) is -13.8. The lowest BCUT2D eigenvalue weighted by molar-refractivity contribution is -0.687. The number of pyridine rings is 1. The lowest BCUT2D eigenvalue weighted by atomic mass is 9.12. The summed E-state index contributed by atoms with van der Waals surface area (Å²) < 4.78 is 296. The second-order valence-corrected chi connectivity index (χ2v) is 14.3. The molecule has 70 heavy (non-hydrogen) atoms. The van der Waals surface area contributed by atoms with E-state index in [-0.39, 0.29) is 23.5 Å².